The number of hydrogen-bond donors (Lipinski definition) is 0. The third kappa shape index (κ3) is 4.00. The maximum atomic E-state index is 13.2. The van der Waals surface area contributed by atoms with Crippen LogP contribution in [0.25, 0.3) is 0 Å². The van der Waals surface area contributed by atoms with Crippen LogP contribution < -0.4 is 56.1 Å². The Morgan fingerprint density at radius 3 is 2.56 bits per heavy atom. The van der Waals surface area contributed by atoms with Crippen molar-refractivity contribution in [1.82, 2.24) is 0 Å². The Labute approximate surface area is 137 Å². The molecule has 76 valence electrons. The molecule has 2 rings (SSSR count). The average molecular weight is 240 g/mol. The minimum atomic E-state index is -0.284. The summed E-state index contributed by atoms with van der Waals surface area (Å²) in [6.45, 7) is 0.241. The van der Waals surface area contributed by atoms with E-state index in [1.54, 1.807) is 12.1 Å². The molecule has 0 aliphatic heterocycles. The number of para-hydroxylation sites is 1. The molecule has 0 aliphatic rings. The van der Waals surface area contributed by atoms with Crippen molar-refractivity contribution in [1.29, 1.82) is 0 Å². The van der Waals surface area contributed by atoms with Crippen LogP contribution in [0.2, 0.25) is 0 Å². The summed E-state index contributed by atoms with van der Waals surface area (Å²) in [6, 6.07) is 16.7. The van der Waals surface area contributed by atoms with Gasteiger partial charge < -0.3 is 4.74 Å². The summed E-state index contributed by atoms with van der Waals surface area (Å²) in [5.41, 5.74) is 0.539. The van der Waals surface area contributed by atoms with Crippen LogP contribution in [0.5, 0.6) is 5.75 Å². The molecule has 0 radical (unpaired) electrons. The topological polar surface area (TPSA) is 9.23 Å². The monoisotopic (exact) mass is 240 g/mol. The van der Waals surface area contributed by atoms with E-state index in [1.165, 1.54) is 6.07 Å². The standard InChI is InChI=1S/C13H10FO.K/c14-13-9-5-4-6-11(13)10-15-12-7-2-1-3-8-12;/h1-4,6-9H,10H2;/q-1;+1. The van der Waals surface area contributed by atoms with Crippen molar-refractivity contribution in [3.8, 4) is 5.75 Å². The molecule has 0 aliphatic carbocycles. The molecule has 0 amide bonds. The van der Waals surface area contributed by atoms with Gasteiger partial charge in [0.25, 0.3) is 0 Å². The van der Waals surface area contributed by atoms with Crippen molar-refractivity contribution >= 4 is 0 Å². The third-order valence-electron chi connectivity index (χ3n) is 2.04. The van der Waals surface area contributed by atoms with Crippen LogP contribution in [-0.4, -0.2) is 0 Å². The van der Waals surface area contributed by atoms with Gasteiger partial charge >= 0.3 is 51.4 Å². The average Bonchev–Trinajstić information content (AvgIpc) is 2.29. The Hall–Kier alpha value is -0.194. The fraction of sp³-hybridized carbons (Fsp3) is 0.0769. The van der Waals surface area contributed by atoms with Gasteiger partial charge in [0.1, 0.15) is 5.75 Å². The van der Waals surface area contributed by atoms with Gasteiger partial charge in [0.15, 0.2) is 0 Å². The summed E-state index contributed by atoms with van der Waals surface area (Å²) < 4.78 is 18.6. The molecule has 0 atom stereocenters. The molecule has 0 bridgehead atoms. The Morgan fingerprint density at radius 1 is 1.12 bits per heavy atom. The van der Waals surface area contributed by atoms with Crippen LogP contribution in [0, 0.1) is 11.9 Å². The second kappa shape index (κ2) is 7.19. The SMILES string of the molecule is Fc1c[c-]ccc1COc1ccccc1.[K+]. The van der Waals surface area contributed by atoms with E-state index in [4.69, 9.17) is 4.74 Å². The predicted octanol–water partition coefficient (Wildman–Crippen LogP) is 0.209. The third-order valence-corrected chi connectivity index (χ3v) is 2.04. The largest absolute Gasteiger partial charge is 1.00 e. The van der Waals surface area contributed by atoms with Crippen LogP contribution in [0.3, 0.4) is 0 Å². The molecule has 0 heterocycles. The second-order valence-electron chi connectivity index (χ2n) is 3.12. The summed E-state index contributed by atoms with van der Waals surface area (Å²) in [4.78, 5) is 0. The number of benzene rings is 2. The van der Waals surface area contributed by atoms with Gasteiger partial charge in [-0.15, -0.1) is 6.07 Å². The van der Waals surface area contributed by atoms with Gasteiger partial charge in [0.2, 0.25) is 0 Å². The second-order valence-corrected chi connectivity index (χ2v) is 3.12. The van der Waals surface area contributed by atoms with E-state index in [9.17, 15) is 4.39 Å². The molecule has 0 saturated heterocycles. The fourth-order valence-corrected chi connectivity index (χ4v) is 1.24. The predicted molar refractivity (Wildman–Crippen MR) is 56.0 cm³/mol. The number of halogens is 1. The maximum absolute atomic E-state index is 13.2. The Morgan fingerprint density at radius 2 is 1.88 bits per heavy atom. The van der Waals surface area contributed by atoms with Crippen LogP contribution >= 0.6 is 0 Å². The minimum absolute atomic E-state index is 0. The molecule has 3 heteroatoms. The van der Waals surface area contributed by atoms with Crippen LogP contribution in [0.1, 0.15) is 5.56 Å². The van der Waals surface area contributed by atoms with E-state index >= 15 is 0 Å². The Balaban J connectivity index is 0.00000128. The molecule has 0 aromatic heterocycles. The van der Waals surface area contributed by atoms with E-state index in [2.05, 4.69) is 6.07 Å². The zero-order chi connectivity index (χ0) is 10.5. The first kappa shape index (κ1) is 13.9. The molecular weight excluding hydrogens is 230 g/mol. The van der Waals surface area contributed by atoms with Gasteiger partial charge in [0, 0.05) is 5.82 Å². The maximum Gasteiger partial charge on any atom is 1.00 e. The first-order chi connectivity index (χ1) is 7.36. The van der Waals surface area contributed by atoms with E-state index in [0.29, 0.717) is 5.56 Å². The first-order valence-electron chi connectivity index (χ1n) is 4.68. The molecule has 1 nitrogen and oxygen atoms in total. The van der Waals surface area contributed by atoms with E-state index < -0.39 is 0 Å². The minimum Gasteiger partial charge on any atom is -0.491 e. The van der Waals surface area contributed by atoms with E-state index in [1.807, 2.05) is 30.3 Å². The van der Waals surface area contributed by atoms with Gasteiger partial charge in [-0.05, 0) is 12.1 Å². The molecule has 16 heavy (non-hydrogen) atoms. The molecule has 0 saturated carbocycles. The molecule has 0 unspecified atom stereocenters. The number of ether oxygens (including phenoxy) is 1. The van der Waals surface area contributed by atoms with Gasteiger partial charge in [-0.25, -0.2) is 0 Å². The molecule has 2 aromatic rings. The van der Waals surface area contributed by atoms with Crippen molar-refractivity contribution in [2.75, 3.05) is 0 Å². The van der Waals surface area contributed by atoms with Gasteiger partial charge in [-0.1, -0.05) is 23.8 Å². The summed E-state index contributed by atoms with van der Waals surface area (Å²) in [6.07, 6.45) is 0. The van der Waals surface area contributed by atoms with Gasteiger partial charge in [0.05, 0.1) is 6.61 Å². The van der Waals surface area contributed by atoms with Gasteiger partial charge in [-0.2, -0.15) is 18.2 Å². The molecule has 0 N–H and O–H groups in total. The summed E-state index contributed by atoms with van der Waals surface area (Å²) in [5.74, 6) is 0.457. The van der Waals surface area contributed by atoms with Crippen LogP contribution in [0.15, 0.2) is 48.5 Å². The Bertz CT molecular complexity index is 431. The van der Waals surface area contributed by atoms with Crippen LogP contribution in [0.4, 0.5) is 4.39 Å². The summed E-state index contributed by atoms with van der Waals surface area (Å²) >= 11 is 0. The Kier molecular flexibility index (Phi) is 6.24. The normalized spacial score (nSPS) is 9.31. The number of hydrogen-bond acceptors (Lipinski definition) is 1. The molecule has 0 spiro atoms. The van der Waals surface area contributed by atoms with Crippen molar-refractivity contribution in [3.63, 3.8) is 0 Å². The van der Waals surface area contributed by atoms with Crippen molar-refractivity contribution in [3.05, 3.63) is 66.0 Å². The summed E-state index contributed by atoms with van der Waals surface area (Å²) in [5, 5.41) is 0. The van der Waals surface area contributed by atoms with Crippen molar-refractivity contribution in [2.45, 2.75) is 6.61 Å². The summed E-state index contributed by atoms with van der Waals surface area (Å²) in [7, 11) is 0. The fourth-order valence-electron chi connectivity index (χ4n) is 1.24. The van der Waals surface area contributed by atoms with E-state index in [-0.39, 0.29) is 63.8 Å². The van der Waals surface area contributed by atoms with Crippen molar-refractivity contribution in [2.24, 2.45) is 0 Å². The van der Waals surface area contributed by atoms with Gasteiger partial charge in [-0.3, -0.25) is 4.39 Å². The smallest absolute Gasteiger partial charge is 0.491 e. The zero-order valence-electron chi connectivity index (χ0n) is 9.11. The first-order valence-corrected chi connectivity index (χ1v) is 4.68. The molecule has 0 fully saturated rings. The number of rotatable bonds is 3. The van der Waals surface area contributed by atoms with E-state index in [0.717, 1.165) is 5.75 Å². The molecular formula is C13H10FKO. The van der Waals surface area contributed by atoms with Crippen molar-refractivity contribution < 1.29 is 60.5 Å². The quantitative estimate of drug-likeness (QED) is 0.550. The zero-order valence-corrected chi connectivity index (χ0v) is 12.2. The molecule has 2 aromatic carbocycles. The van der Waals surface area contributed by atoms with Crippen LogP contribution in [-0.2, 0) is 6.61 Å².